The van der Waals surface area contributed by atoms with Gasteiger partial charge in [0.1, 0.15) is 0 Å². The largest absolute Gasteiger partial charge is 0.368 e. The van der Waals surface area contributed by atoms with E-state index in [2.05, 4.69) is 11.8 Å². The van der Waals surface area contributed by atoms with Gasteiger partial charge in [0.2, 0.25) is 0 Å². The van der Waals surface area contributed by atoms with Gasteiger partial charge in [-0.2, -0.15) is 5.26 Å². The Bertz CT molecular complexity index is 246. The van der Waals surface area contributed by atoms with Crippen LogP contribution in [0.2, 0.25) is 0 Å². The molecule has 0 spiro atoms. The molecule has 0 amide bonds. The SMILES string of the molecule is CCCCCCCCCCCC/C=C(\C)C(=O)OO. The highest BCUT2D eigenvalue weighted by Crippen LogP contribution is 2.12. The molecule has 0 atom stereocenters. The fourth-order valence-electron chi connectivity index (χ4n) is 2.11. The number of rotatable bonds is 12. The lowest BCUT2D eigenvalue weighted by Gasteiger charge is -2.01. The van der Waals surface area contributed by atoms with Gasteiger partial charge in [-0.15, -0.1) is 0 Å². The molecule has 1 N–H and O–H groups in total. The van der Waals surface area contributed by atoms with E-state index < -0.39 is 5.97 Å². The summed E-state index contributed by atoms with van der Waals surface area (Å²) in [5, 5.41) is 8.19. The van der Waals surface area contributed by atoms with E-state index in [1.54, 1.807) is 6.92 Å². The van der Waals surface area contributed by atoms with E-state index in [-0.39, 0.29) is 0 Å². The molecule has 0 rings (SSSR count). The average Bonchev–Trinajstić information content (AvgIpc) is 2.43. The second kappa shape index (κ2) is 13.6. The van der Waals surface area contributed by atoms with Gasteiger partial charge in [0.25, 0.3) is 0 Å². The standard InChI is InChI=1S/C16H30O3/c1-3-4-5-6-7-8-9-10-11-12-13-14-15(2)16(17)19-18/h14,18H,3-13H2,1-2H3/b15-14+. The molecule has 0 aliphatic carbocycles. The van der Waals surface area contributed by atoms with Crippen LogP contribution >= 0.6 is 0 Å². The van der Waals surface area contributed by atoms with Crippen LogP contribution in [0.4, 0.5) is 0 Å². The maximum Gasteiger partial charge on any atom is 0.368 e. The van der Waals surface area contributed by atoms with Gasteiger partial charge in [-0.1, -0.05) is 70.8 Å². The van der Waals surface area contributed by atoms with E-state index in [0.29, 0.717) is 5.57 Å². The van der Waals surface area contributed by atoms with Crippen LogP contribution in [0.15, 0.2) is 11.6 Å². The van der Waals surface area contributed by atoms with Gasteiger partial charge < -0.3 is 0 Å². The first kappa shape index (κ1) is 18.2. The highest BCUT2D eigenvalue weighted by Gasteiger charge is 2.03. The average molecular weight is 270 g/mol. The number of hydrogen-bond donors (Lipinski definition) is 1. The van der Waals surface area contributed by atoms with Crippen molar-refractivity contribution in [1.82, 2.24) is 0 Å². The van der Waals surface area contributed by atoms with Crippen LogP contribution in [0.5, 0.6) is 0 Å². The van der Waals surface area contributed by atoms with E-state index in [0.717, 1.165) is 12.8 Å². The van der Waals surface area contributed by atoms with Crippen molar-refractivity contribution in [3.05, 3.63) is 11.6 Å². The zero-order valence-corrected chi connectivity index (χ0v) is 12.6. The van der Waals surface area contributed by atoms with Crippen LogP contribution in [0.1, 0.15) is 84.5 Å². The van der Waals surface area contributed by atoms with Gasteiger partial charge in [-0.25, -0.2) is 4.79 Å². The Kier molecular flexibility index (Phi) is 13.0. The summed E-state index contributed by atoms with van der Waals surface area (Å²) >= 11 is 0. The summed E-state index contributed by atoms with van der Waals surface area (Å²) in [6, 6.07) is 0. The van der Waals surface area contributed by atoms with Crippen molar-refractivity contribution in [2.24, 2.45) is 0 Å². The van der Waals surface area contributed by atoms with Crippen molar-refractivity contribution in [1.29, 1.82) is 0 Å². The van der Waals surface area contributed by atoms with Crippen LogP contribution in [0.3, 0.4) is 0 Å². The summed E-state index contributed by atoms with van der Waals surface area (Å²) < 4.78 is 0. The van der Waals surface area contributed by atoms with Crippen molar-refractivity contribution < 1.29 is 14.9 Å². The van der Waals surface area contributed by atoms with E-state index in [1.165, 1.54) is 57.8 Å². The Morgan fingerprint density at radius 2 is 1.42 bits per heavy atom. The topological polar surface area (TPSA) is 46.5 Å². The van der Waals surface area contributed by atoms with Crippen molar-refractivity contribution in [3.8, 4) is 0 Å². The molecule has 0 aromatic carbocycles. The van der Waals surface area contributed by atoms with Gasteiger partial charge in [0, 0.05) is 5.57 Å². The Hall–Kier alpha value is -0.830. The van der Waals surface area contributed by atoms with Gasteiger partial charge in [0.05, 0.1) is 0 Å². The van der Waals surface area contributed by atoms with E-state index in [4.69, 9.17) is 5.26 Å². The number of carbonyl (C=O) groups is 1. The molecule has 0 radical (unpaired) electrons. The molecule has 3 nitrogen and oxygen atoms in total. The third-order valence-electron chi connectivity index (χ3n) is 3.41. The molecule has 0 bridgehead atoms. The second-order valence-corrected chi connectivity index (χ2v) is 5.24. The molecule has 0 saturated carbocycles. The molecule has 0 fully saturated rings. The molecule has 19 heavy (non-hydrogen) atoms. The molecule has 0 heterocycles. The Labute approximate surface area is 118 Å². The highest BCUT2D eigenvalue weighted by molar-refractivity contribution is 5.87. The summed E-state index contributed by atoms with van der Waals surface area (Å²) in [6.45, 7) is 3.91. The molecule has 112 valence electrons. The summed E-state index contributed by atoms with van der Waals surface area (Å²) in [6.07, 6.45) is 15.9. The Morgan fingerprint density at radius 1 is 0.947 bits per heavy atom. The van der Waals surface area contributed by atoms with Gasteiger partial charge >= 0.3 is 5.97 Å². The lowest BCUT2D eigenvalue weighted by molar-refractivity contribution is -0.229. The van der Waals surface area contributed by atoms with Crippen molar-refractivity contribution in [2.75, 3.05) is 0 Å². The number of allylic oxidation sites excluding steroid dienone is 1. The fourth-order valence-corrected chi connectivity index (χ4v) is 2.11. The maximum absolute atomic E-state index is 10.9. The molecular weight excluding hydrogens is 240 g/mol. The normalized spacial score (nSPS) is 11.6. The highest BCUT2D eigenvalue weighted by atomic mass is 17.1. The van der Waals surface area contributed by atoms with E-state index in [9.17, 15) is 4.79 Å². The first-order chi connectivity index (χ1) is 9.22. The van der Waals surface area contributed by atoms with Crippen molar-refractivity contribution in [3.63, 3.8) is 0 Å². The third-order valence-corrected chi connectivity index (χ3v) is 3.41. The van der Waals surface area contributed by atoms with Crippen LogP contribution in [-0.2, 0) is 9.68 Å². The molecule has 0 aliphatic rings. The van der Waals surface area contributed by atoms with Gasteiger partial charge in [-0.3, -0.25) is 4.89 Å². The molecule has 0 saturated heterocycles. The predicted octanol–water partition coefficient (Wildman–Crippen LogP) is 5.26. The predicted molar refractivity (Wildman–Crippen MR) is 78.9 cm³/mol. The summed E-state index contributed by atoms with van der Waals surface area (Å²) in [5.41, 5.74) is 0.485. The lowest BCUT2D eigenvalue weighted by atomic mass is 10.1. The fraction of sp³-hybridized carbons (Fsp3) is 0.812. The van der Waals surface area contributed by atoms with Crippen molar-refractivity contribution in [2.45, 2.75) is 84.5 Å². The lowest BCUT2D eigenvalue weighted by Crippen LogP contribution is -2.01. The third kappa shape index (κ3) is 12.0. The Morgan fingerprint density at radius 3 is 1.89 bits per heavy atom. The first-order valence-corrected chi connectivity index (χ1v) is 7.74. The summed E-state index contributed by atoms with van der Waals surface area (Å²) in [5.74, 6) is -0.646. The second-order valence-electron chi connectivity index (χ2n) is 5.24. The van der Waals surface area contributed by atoms with Crippen LogP contribution < -0.4 is 0 Å². The van der Waals surface area contributed by atoms with Gasteiger partial charge in [-0.05, 0) is 19.8 Å². The quantitative estimate of drug-likeness (QED) is 0.228. The van der Waals surface area contributed by atoms with Gasteiger partial charge in [0.15, 0.2) is 0 Å². The molecule has 0 aromatic heterocycles. The molecule has 0 aliphatic heterocycles. The number of unbranched alkanes of at least 4 members (excludes halogenated alkanes) is 10. The summed E-state index contributed by atoms with van der Waals surface area (Å²) in [4.78, 5) is 14.5. The molecule has 0 aromatic rings. The van der Waals surface area contributed by atoms with E-state index >= 15 is 0 Å². The number of carbonyl (C=O) groups excluding carboxylic acids is 1. The maximum atomic E-state index is 10.9. The first-order valence-electron chi connectivity index (χ1n) is 7.74. The minimum Gasteiger partial charge on any atom is -0.296 e. The summed E-state index contributed by atoms with van der Waals surface area (Å²) in [7, 11) is 0. The zero-order chi connectivity index (χ0) is 14.3. The minimum absolute atomic E-state index is 0.485. The molecule has 0 unspecified atom stereocenters. The molecule has 3 heteroatoms. The van der Waals surface area contributed by atoms with Crippen LogP contribution in [0, 0.1) is 0 Å². The Balaban J connectivity index is 3.25. The van der Waals surface area contributed by atoms with Crippen LogP contribution in [0.25, 0.3) is 0 Å². The van der Waals surface area contributed by atoms with Crippen LogP contribution in [-0.4, -0.2) is 11.2 Å². The zero-order valence-electron chi connectivity index (χ0n) is 12.6. The molecular formula is C16H30O3. The smallest absolute Gasteiger partial charge is 0.296 e. The number of hydrogen-bond acceptors (Lipinski definition) is 3. The minimum atomic E-state index is -0.646. The van der Waals surface area contributed by atoms with Crippen molar-refractivity contribution >= 4 is 5.97 Å². The van der Waals surface area contributed by atoms with E-state index in [1.807, 2.05) is 6.08 Å². The monoisotopic (exact) mass is 270 g/mol.